The van der Waals surface area contributed by atoms with E-state index in [1.165, 1.54) is 6.92 Å². The van der Waals surface area contributed by atoms with Gasteiger partial charge in [-0.2, -0.15) is 5.10 Å². The van der Waals surface area contributed by atoms with E-state index in [1.807, 2.05) is 0 Å². The van der Waals surface area contributed by atoms with Crippen molar-refractivity contribution in [3.05, 3.63) is 47.3 Å². The van der Waals surface area contributed by atoms with Crippen LogP contribution in [0.2, 0.25) is 0 Å². The number of anilines is 1. The van der Waals surface area contributed by atoms with Gasteiger partial charge in [0, 0.05) is 16.9 Å². The van der Waals surface area contributed by atoms with Crippen LogP contribution in [0.3, 0.4) is 0 Å². The van der Waals surface area contributed by atoms with E-state index in [1.54, 1.807) is 30.3 Å². The van der Waals surface area contributed by atoms with Crippen LogP contribution in [0.5, 0.6) is 0 Å². The minimum absolute atomic E-state index is 0.0360. The fourth-order valence-corrected chi connectivity index (χ4v) is 1.89. The minimum Gasteiger partial charge on any atom is -0.321 e. The number of Topliss-reactive ketones (excluding diaryl/α,β-unsaturated/α-hetero) is 1. The number of nitrogens with zero attached hydrogens (tertiary/aromatic N) is 1. The van der Waals surface area contributed by atoms with E-state index in [0.717, 1.165) is 18.5 Å². The largest absolute Gasteiger partial charge is 0.321 e. The molecule has 2 N–H and O–H groups in total. The molecule has 0 spiro atoms. The van der Waals surface area contributed by atoms with Gasteiger partial charge in [-0.25, -0.2) is 0 Å². The maximum atomic E-state index is 12.0. The van der Waals surface area contributed by atoms with Crippen LogP contribution >= 0.6 is 0 Å². The zero-order chi connectivity index (χ0) is 14.5. The number of H-pyrrole nitrogens is 1. The van der Waals surface area contributed by atoms with Crippen LogP contribution < -0.4 is 5.32 Å². The fraction of sp³-hybridized carbons (Fsp3) is 0.267. The van der Waals surface area contributed by atoms with Crippen molar-refractivity contribution in [3.63, 3.8) is 0 Å². The highest BCUT2D eigenvalue weighted by molar-refractivity contribution is 6.03. The van der Waals surface area contributed by atoms with Crippen molar-refractivity contribution in [3.8, 4) is 0 Å². The van der Waals surface area contributed by atoms with Crippen molar-refractivity contribution in [2.45, 2.75) is 26.7 Å². The van der Waals surface area contributed by atoms with Gasteiger partial charge in [0.25, 0.3) is 5.91 Å². The third kappa shape index (κ3) is 3.32. The van der Waals surface area contributed by atoms with Crippen LogP contribution in [0.25, 0.3) is 0 Å². The highest BCUT2D eigenvalue weighted by Gasteiger charge is 2.11. The lowest BCUT2D eigenvalue weighted by atomic mass is 10.1. The molecular weight excluding hydrogens is 254 g/mol. The first kappa shape index (κ1) is 14.0. The van der Waals surface area contributed by atoms with E-state index >= 15 is 0 Å². The number of nitrogens with one attached hydrogen (secondary N) is 2. The van der Waals surface area contributed by atoms with Gasteiger partial charge in [0.05, 0.1) is 0 Å². The normalized spacial score (nSPS) is 10.3. The number of hydrogen-bond donors (Lipinski definition) is 2. The summed E-state index contributed by atoms with van der Waals surface area (Å²) in [6, 6.07) is 8.59. The monoisotopic (exact) mass is 271 g/mol. The van der Waals surface area contributed by atoms with Crippen molar-refractivity contribution in [1.29, 1.82) is 0 Å². The molecule has 0 fully saturated rings. The van der Waals surface area contributed by atoms with E-state index in [2.05, 4.69) is 22.4 Å². The maximum Gasteiger partial charge on any atom is 0.276 e. The Balaban J connectivity index is 2.10. The Bertz CT molecular complexity index is 632. The van der Waals surface area contributed by atoms with Crippen LogP contribution in [-0.4, -0.2) is 21.9 Å². The summed E-state index contributed by atoms with van der Waals surface area (Å²) < 4.78 is 0. The van der Waals surface area contributed by atoms with E-state index in [9.17, 15) is 9.59 Å². The maximum absolute atomic E-state index is 12.0. The number of carbonyl (C=O) groups is 2. The Hall–Kier alpha value is -2.43. The Morgan fingerprint density at radius 1 is 1.30 bits per heavy atom. The molecule has 0 radical (unpaired) electrons. The van der Waals surface area contributed by atoms with E-state index in [4.69, 9.17) is 0 Å². The van der Waals surface area contributed by atoms with Crippen LogP contribution in [0.1, 0.15) is 46.8 Å². The first-order valence-corrected chi connectivity index (χ1v) is 6.56. The summed E-state index contributed by atoms with van der Waals surface area (Å²) in [5.41, 5.74) is 2.44. The summed E-state index contributed by atoms with van der Waals surface area (Å²) in [4.78, 5) is 23.3. The quantitative estimate of drug-likeness (QED) is 0.821. The Labute approximate surface area is 117 Å². The molecule has 2 aromatic rings. The third-order valence-electron chi connectivity index (χ3n) is 2.91. The van der Waals surface area contributed by atoms with Crippen molar-refractivity contribution >= 4 is 17.4 Å². The molecule has 20 heavy (non-hydrogen) atoms. The molecule has 0 aliphatic rings. The van der Waals surface area contributed by atoms with Gasteiger partial charge in [-0.1, -0.05) is 25.5 Å². The molecule has 0 saturated carbocycles. The summed E-state index contributed by atoms with van der Waals surface area (Å²) in [6.45, 7) is 3.56. The number of rotatable bonds is 5. The fourth-order valence-electron chi connectivity index (χ4n) is 1.89. The molecule has 0 bridgehead atoms. The summed E-state index contributed by atoms with van der Waals surface area (Å²) in [7, 11) is 0. The molecule has 5 nitrogen and oxygen atoms in total. The molecule has 1 heterocycles. The van der Waals surface area contributed by atoms with Crippen molar-refractivity contribution in [2.24, 2.45) is 0 Å². The molecule has 104 valence electrons. The first-order chi connectivity index (χ1) is 9.60. The molecule has 1 amide bonds. The van der Waals surface area contributed by atoms with Crippen LogP contribution in [0.15, 0.2) is 30.3 Å². The molecule has 0 aliphatic carbocycles. The average molecular weight is 271 g/mol. The summed E-state index contributed by atoms with van der Waals surface area (Å²) >= 11 is 0. The Kier molecular flexibility index (Phi) is 4.30. The first-order valence-electron chi connectivity index (χ1n) is 6.56. The zero-order valence-electron chi connectivity index (χ0n) is 11.6. The standard InChI is InChI=1S/C15H17N3O2/c1-3-5-13-9-14(18-17-13)15(20)16-12-7-4-6-11(8-12)10(2)19/h4,6-9H,3,5H2,1-2H3,(H,16,20)(H,17,18). The van der Waals surface area contributed by atoms with E-state index < -0.39 is 0 Å². The smallest absolute Gasteiger partial charge is 0.276 e. The lowest BCUT2D eigenvalue weighted by Crippen LogP contribution is -2.12. The Morgan fingerprint density at radius 2 is 2.10 bits per heavy atom. The number of benzene rings is 1. The highest BCUT2D eigenvalue weighted by Crippen LogP contribution is 2.13. The van der Waals surface area contributed by atoms with Gasteiger partial charge in [0.1, 0.15) is 0 Å². The second-order valence-electron chi connectivity index (χ2n) is 4.62. The number of hydrogen-bond acceptors (Lipinski definition) is 3. The number of aromatic nitrogens is 2. The van der Waals surface area contributed by atoms with Crippen LogP contribution in [0.4, 0.5) is 5.69 Å². The molecule has 1 aromatic carbocycles. The number of aromatic amines is 1. The van der Waals surface area contributed by atoms with Gasteiger partial charge in [0.2, 0.25) is 0 Å². The number of ketones is 1. The second-order valence-corrected chi connectivity index (χ2v) is 4.62. The summed E-state index contributed by atoms with van der Waals surface area (Å²) in [5.74, 6) is -0.324. The lowest BCUT2D eigenvalue weighted by molar-refractivity contribution is 0.100. The molecule has 0 unspecified atom stereocenters. The summed E-state index contributed by atoms with van der Waals surface area (Å²) in [6.07, 6.45) is 1.85. The van der Waals surface area contributed by atoms with Gasteiger partial charge in [-0.05, 0) is 31.5 Å². The topological polar surface area (TPSA) is 74.8 Å². The molecule has 0 atom stereocenters. The van der Waals surface area contributed by atoms with Gasteiger partial charge in [-0.3, -0.25) is 14.7 Å². The third-order valence-corrected chi connectivity index (χ3v) is 2.91. The highest BCUT2D eigenvalue weighted by atomic mass is 16.2. The van der Waals surface area contributed by atoms with Crippen molar-refractivity contribution < 1.29 is 9.59 Å². The predicted molar refractivity (Wildman–Crippen MR) is 77.0 cm³/mol. The Morgan fingerprint density at radius 3 is 2.80 bits per heavy atom. The van der Waals surface area contributed by atoms with Gasteiger partial charge >= 0.3 is 0 Å². The zero-order valence-corrected chi connectivity index (χ0v) is 11.6. The van der Waals surface area contributed by atoms with E-state index in [-0.39, 0.29) is 11.7 Å². The molecule has 1 aromatic heterocycles. The molecule has 0 saturated heterocycles. The van der Waals surface area contributed by atoms with Crippen molar-refractivity contribution in [2.75, 3.05) is 5.32 Å². The molecule has 5 heteroatoms. The van der Waals surface area contributed by atoms with Crippen molar-refractivity contribution in [1.82, 2.24) is 10.2 Å². The van der Waals surface area contributed by atoms with Gasteiger partial charge in [-0.15, -0.1) is 0 Å². The molecule has 2 rings (SSSR count). The SMILES string of the molecule is CCCc1cc(C(=O)Nc2cccc(C(C)=O)c2)n[nH]1. The predicted octanol–water partition coefficient (Wildman–Crippen LogP) is 2.82. The summed E-state index contributed by atoms with van der Waals surface area (Å²) in [5, 5.41) is 9.56. The molecular formula is C15H17N3O2. The lowest BCUT2D eigenvalue weighted by Gasteiger charge is -2.04. The average Bonchev–Trinajstić information content (AvgIpc) is 2.88. The minimum atomic E-state index is -0.288. The number of carbonyl (C=O) groups excluding carboxylic acids is 2. The number of aryl methyl sites for hydroxylation is 1. The van der Waals surface area contributed by atoms with Gasteiger partial charge in [0.15, 0.2) is 11.5 Å². The van der Waals surface area contributed by atoms with Gasteiger partial charge < -0.3 is 5.32 Å². The number of amides is 1. The van der Waals surface area contributed by atoms with E-state index in [0.29, 0.717) is 16.9 Å². The molecule has 0 aliphatic heterocycles. The van der Waals surface area contributed by atoms with Crippen LogP contribution in [-0.2, 0) is 6.42 Å². The second kappa shape index (κ2) is 6.14. The van der Waals surface area contributed by atoms with Crippen LogP contribution in [0, 0.1) is 0 Å².